The average molecular weight is 372 g/mol. The first-order valence-corrected chi connectivity index (χ1v) is 10.4. The number of rotatable bonds is 3. The third kappa shape index (κ3) is 2.55. The van der Waals surface area contributed by atoms with Gasteiger partial charge in [0, 0.05) is 42.8 Å². The van der Waals surface area contributed by atoms with Crippen molar-refractivity contribution in [1.82, 2.24) is 19.3 Å². The number of hydrogen-bond acceptors (Lipinski definition) is 6. The van der Waals surface area contributed by atoms with Gasteiger partial charge >= 0.3 is 0 Å². The highest BCUT2D eigenvalue weighted by atomic mass is 32.2. The molecule has 3 aliphatic rings. The largest absolute Gasteiger partial charge is 0.376 e. The van der Waals surface area contributed by atoms with Gasteiger partial charge in [0.1, 0.15) is 0 Å². The van der Waals surface area contributed by atoms with E-state index in [1.165, 1.54) is 0 Å². The second kappa shape index (κ2) is 5.80. The summed E-state index contributed by atoms with van der Waals surface area (Å²) in [6.45, 7) is 1.95. The highest BCUT2D eigenvalue weighted by Gasteiger charge is 2.51. The predicted octanol–water partition coefficient (Wildman–Crippen LogP) is 1.50. The molecule has 0 amide bonds. The lowest BCUT2D eigenvalue weighted by atomic mass is 9.80. The maximum atomic E-state index is 12.7. The van der Waals surface area contributed by atoms with E-state index in [0.717, 1.165) is 36.1 Å². The maximum absolute atomic E-state index is 12.7. The van der Waals surface area contributed by atoms with E-state index < -0.39 is 10.0 Å². The van der Waals surface area contributed by atoms with E-state index in [0.29, 0.717) is 32.1 Å². The minimum atomic E-state index is -3.18. The zero-order chi connectivity index (χ0) is 17.8. The zero-order valence-electron chi connectivity index (χ0n) is 14.3. The van der Waals surface area contributed by atoms with Gasteiger partial charge in [-0.25, -0.2) is 22.7 Å². The van der Waals surface area contributed by atoms with Crippen molar-refractivity contribution < 1.29 is 13.2 Å². The third-order valence-corrected chi connectivity index (χ3v) is 7.89. The molecular weight excluding hydrogens is 352 g/mol. The standard InChI is InChI=1S/C18H20N4O3S/c23-26(24,15-3-4-15)22-7-5-18(11-22)12-25-10-14-9-20-17(21-16(14)18)13-2-1-6-19-8-13/h1-2,6,8-9,15H,3-5,7,10-12H2/t18-/m0/s1. The fourth-order valence-electron chi connectivity index (χ4n) is 3.97. The number of pyridine rings is 1. The van der Waals surface area contributed by atoms with Gasteiger partial charge in [0.2, 0.25) is 10.0 Å². The van der Waals surface area contributed by atoms with Crippen molar-refractivity contribution >= 4 is 10.0 Å². The number of ether oxygens (including phenoxy) is 1. The smallest absolute Gasteiger partial charge is 0.217 e. The van der Waals surface area contributed by atoms with Crippen LogP contribution in [0.5, 0.6) is 0 Å². The van der Waals surface area contributed by atoms with Crippen LogP contribution in [0.1, 0.15) is 30.5 Å². The Labute approximate surface area is 152 Å². The van der Waals surface area contributed by atoms with Gasteiger partial charge in [-0.05, 0) is 31.4 Å². The SMILES string of the molecule is O=S(=O)(C1CC1)N1CC[C@@]2(COCc3cnc(-c4cccnc4)nc32)C1. The lowest BCUT2D eigenvalue weighted by Gasteiger charge is -2.34. The second-order valence-electron chi connectivity index (χ2n) is 7.41. The Balaban J connectivity index is 1.53. The van der Waals surface area contributed by atoms with Crippen molar-refractivity contribution in [2.45, 2.75) is 36.5 Å². The minimum Gasteiger partial charge on any atom is -0.376 e. The molecule has 136 valence electrons. The molecule has 26 heavy (non-hydrogen) atoms. The van der Waals surface area contributed by atoms with Crippen LogP contribution in [0.4, 0.5) is 0 Å². The molecule has 4 heterocycles. The quantitative estimate of drug-likeness (QED) is 0.812. The van der Waals surface area contributed by atoms with Crippen LogP contribution >= 0.6 is 0 Å². The van der Waals surface area contributed by atoms with Crippen LogP contribution in [0, 0.1) is 0 Å². The topological polar surface area (TPSA) is 85.3 Å². The molecule has 1 aliphatic carbocycles. The Bertz CT molecular complexity index is 946. The molecule has 1 spiro atoms. The zero-order valence-corrected chi connectivity index (χ0v) is 15.2. The van der Waals surface area contributed by atoms with Gasteiger partial charge in [-0.3, -0.25) is 4.98 Å². The van der Waals surface area contributed by atoms with Crippen LogP contribution in [0.3, 0.4) is 0 Å². The molecular formula is C18H20N4O3S. The van der Waals surface area contributed by atoms with E-state index in [1.807, 2.05) is 18.3 Å². The highest BCUT2D eigenvalue weighted by Crippen LogP contribution is 2.42. The summed E-state index contributed by atoms with van der Waals surface area (Å²) in [4.78, 5) is 13.4. The first kappa shape index (κ1) is 16.3. The lowest BCUT2D eigenvalue weighted by molar-refractivity contribution is 0.0531. The van der Waals surface area contributed by atoms with Gasteiger partial charge in [-0.15, -0.1) is 0 Å². The van der Waals surface area contributed by atoms with Gasteiger partial charge in [0.25, 0.3) is 0 Å². The van der Waals surface area contributed by atoms with Gasteiger partial charge in [0.05, 0.1) is 29.6 Å². The first-order chi connectivity index (χ1) is 12.6. The molecule has 1 atom stereocenters. The first-order valence-electron chi connectivity index (χ1n) is 8.92. The van der Waals surface area contributed by atoms with Crippen molar-refractivity contribution in [3.05, 3.63) is 42.0 Å². The van der Waals surface area contributed by atoms with E-state index >= 15 is 0 Å². The summed E-state index contributed by atoms with van der Waals surface area (Å²) in [6, 6.07) is 3.79. The Hall–Kier alpha value is -1.90. The molecule has 2 aromatic heterocycles. The van der Waals surface area contributed by atoms with Crippen LogP contribution in [-0.4, -0.2) is 52.6 Å². The van der Waals surface area contributed by atoms with Crippen LogP contribution in [0.2, 0.25) is 0 Å². The number of fused-ring (bicyclic) bond motifs is 2. The van der Waals surface area contributed by atoms with Gasteiger partial charge in [0.15, 0.2) is 5.82 Å². The van der Waals surface area contributed by atoms with E-state index in [-0.39, 0.29) is 10.7 Å². The third-order valence-electron chi connectivity index (χ3n) is 5.55. The molecule has 0 unspecified atom stereocenters. The average Bonchev–Trinajstić information content (AvgIpc) is 3.45. The number of nitrogens with zero attached hydrogens (tertiary/aromatic N) is 4. The van der Waals surface area contributed by atoms with E-state index in [2.05, 4.69) is 9.97 Å². The Kier molecular flexibility index (Phi) is 3.63. The summed E-state index contributed by atoms with van der Waals surface area (Å²) in [7, 11) is -3.18. The van der Waals surface area contributed by atoms with Crippen molar-refractivity contribution in [2.75, 3.05) is 19.7 Å². The van der Waals surface area contributed by atoms with Crippen molar-refractivity contribution in [1.29, 1.82) is 0 Å². The highest BCUT2D eigenvalue weighted by molar-refractivity contribution is 7.90. The number of sulfonamides is 1. The lowest BCUT2D eigenvalue weighted by Crippen LogP contribution is -2.42. The van der Waals surface area contributed by atoms with Gasteiger partial charge in [-0.1, -0.05) is 0 Å². The molecule has 7 nitrogen and oxygen atoms in total. The molecule has 0 bridgehead atoms. The van der Waals surface area contributed by atoms with Crippen LogP contribution in [0.15, 0.2) is 30.7 Å². The van der Waals surface area contributed by atoms with E-state index in [9.17, 15) is 8.42 Å². The van der Waals surface area contributed by atoms with Crippen molar-refractivity contribution in [3.63, 3.8) is 0 Å². The van der Waals surface area contributed by atoms with Crippen LogP contribution in [0.25, 0.3) is 11.4 Å². The summed E-state index contributed by atoms with van der Waals surface area (Å²) in [6.07, 6.45) is 7.57. The number of hydrogen-bond donors (Lipinski definition) is 0. The molecule has 2 fully saturated rings. The van der Waals surface area contributed by atoms with E-state index in [1.54, 1.807) is 16.7 Å². The summed E-state index contributed by atoms with van der Waals surface area (Å²) in [5.41, 5.74) is 2.37. The Morgan fingerprint density at radius 3 is 2.92 bits per heavy atom. The predicted molar refractivity (Wildman–Crippen MR) is 94.7 cm³/mol. The van der Waals surface area contributed by atoms with E-state index in [4.69, 9.17) is 9.72 Å². The van der Waals surface area contributed by atoms with Crippen molar-refractivity contribution in [3.8, 4) is 11.4 Å². The molecule has 2 aromatic rings. The van der Waals surface area contributed by atoms with Crippen LogP contribution < -0.4 is 0 Å². The molecule has 0 radical (unpaired) electrons. The molecule has 8 heteroatoms. The molecule has 0 aromatic carbocycles. The number of aromatic nitrogens is 3. The second-order valence-corrected chi connectivity index (χ2v) is 9.62. The monoisotopic (exact) mass is 372 g/mol. The van der Waals surface area contributed by atoms with Crippen LogP contribution in [-0.2, 0) is 26.8 Å². The minimum absolute atomic E-state index is 0.182. The Morgan fingerprint density at radius 1 is 1.27 bits per heavy atom. The van der Waals surface area contributed by atoms with Gasteiger partial charge in [-0.2, -0.15) is 0 Å². The molecule has 2 aliphatic heterocycles. The fraction of sp³-hybridized carbons (Fsp3) is 0.500. The van der Waals surface area contributed by atoms with Gasteiger partial charge < -0.3 is 4.74 Å². The summed E-state index contributed by atoms with van der Waals surface area (Å²) >= 11 is 0. The molecule has 5 rings (SSSR count). The molecule has 1 saturated carbocycles. The fourth-order valence-corrected chi connectivity index (χ4v) is 5.90. The summed E-state index contributed by atoms with van der Waals surface area (Å²) in [5, 5.41) is -0.182. The molecule has 1 saturated heterocycles. The maximum Gasteiger partial charge on any atom is 0.217 e. The normalized spacial score (nSPS) is 26.2. The Morgan fingerprint density at radius 2 is 2.15 bits per heavy atom. The molecule has 0 N–H and O–H groups in total. The summed E-state index contributed by atoms with van der Waals surface area (Å²) in [5.74, 6) is 0.627. The van der Waals surface area contributed by atoms with Crippen molar-refractivity contribution in [2.24, 2.45) is 0 Å². The summed E-state index contributed by atoms with van der Waals surface area (Å²) < 4.78 is 32.8.